The first-order valence-corrected chi connectivity index (χ1v) is 10.8. The number of thiocarbonyl (C=S) groups is 1. The molecule has 6 heteroatoms. The molecule has 1 aliphatic rings. The van der Waals surface area contributed by atoms with E-state index in [2.05, 4.69) is 0 Å². The number of likely N-dealkylation sites (N-methyl/N-ethyl adjacent to an activating group) is 1. The summed E-state index contributed by atoms with van der Waals surface area (Å²) in [5, 5.41) is 2.76. The molecule has 0 radical (unpaired) electrons. The van der Waals surface area contributed by atoms with Gasteiger partial charge in [0, 0.05) is 22.7 Å². The molecule has 1 saturated heterocycles. The smallest absolute Gasteiger partial charge is 0.266 e. The topological polar surface area (TPSA) is 29.5 Å². The number of nitrogens with zero attached hydrogens (tertiary/aromatic N) is 1. The zero-order valence-corrected chi connectivity index (χ0v) is 18.1. The first kappa shape index (κ1) is 20.0. The predicted molar refractivity (Wildman–Crippen MR) is 125 cm³/mol. The number of rotatable bonds is 5. The molecule has 0 unspecified atom stereocenters. The predicted octanol–water partition coefficient (Wildman–Crippen LogP) is 6.29. The molecule has 29 heavy (non-hydrogen) atoms. The van der Waals surface area contributed by atoms with Gasteiger partial charge in [0.2, 0.25) is 0 Å². The Labute approximate surface area is 184 Å². The SMILES string of the molecule is CCN1C(=O)C(=Cc2c(OCc3ccccc3Cl)ccc3ccccc23)SC1=S. The highest BCUT2D eigenvalue weighted by atomic mass is 35.5. The van der Waals surface area contributed by atoms with Crippen LogP contribution in [0.1, 0.15) is 18.1 Å². The summed E-state index contributed by atoms with van der Waals surface area (Å²) in [7, 11) is 0. The van der Waals surface area contributed by atoms with E-state index in [1.54, 1.807) is 4.90 Å². The molecule has 1 amide bonds. The first-order chi connectivity index (χ1) is 14.1. The van der Waals surface area contributed by atoms with Gasteiger partial charge in [0.1, 0.15) is 16.7 Å². The minimum atomic E-state index is -0.0625. The van der Waals surface area contributed by atoms with Crippen LogP contribution in [0.3, 0.4) is 0 Å². The molecule has 4 rings (SSSR count). The molecule has 0 aliphatic carbocycles. The van der Waals surface area contributed by atoms with E-state index >= 15 is 0 Å². The summed E-state index contributed by atoms with van der Waals surface area (Å²) in [5.74, 6) is 0.637. The minimum absolute atomic E-state index is 0.0625. The fraction of sp³-hybridized carbons (Fsp3) is 0.130. The fourth-order valence-corrected chi connectivity index (χ4v) is 4.78. The molecule has 146 valence electrons. The van der Waals surface area contributed by atoms with Gasteiger partial charge >= 0.3 is 0 Å². The average molecular weight is 440 g/mol. The van der Waals surface area contributed by atoms with E-state index in [-0.39, 0.29) is 5.91 Å². The summed E-state index contributed by atoms with van der Waals surface area (Å²) in [6.45, 7) is 2.83. The van der Waals surface area contributed by atoms with Crippen LogP contribution in [0.15, 0.2) is 65.6 Å². The second-order valence-corrected chi connectivity index (χ2v) is 8.59. The lowest BCUT2D eigenvalue weighted by Crippen LogP contribution is -2.27. The van der Waals surface area contributed by atoms with Crippen LogP contribution >= 0.6 is 35.6 Å². The quantitative estimate of drug-likeness (QED) is 0.345. The number of amides is 1. The van der Waals surface area contributed by atoms with Gasteiger partial charge in [0.05, 0.1) is 4.91 Å². The fourth-order valence-electron chi connectivity index (χ4n) is 3.23. The summed E-state index contributed by atoms with van der Waals surface area (Å²) in [5.41, 5.74) is 1.78. The maximum absolute atomic E-state index is 12.7. The standard InChI is InChI=1S/C23H18ClNO2S2/c1-2-25-22(26)21(29-23(25)28)13-18-17-9-5-3-7-15(17)11-12-20(18)27-14-16-8-4-6-10-19(16)24/h3-13H,2,14H2,1H3. The number of ether oxygens (including phenoxy) is 1. The lowest BCUT2D eigenvalue weighted by Gasteiger charge is -2.13. The zero-order chi connectivity index (χ0) is 20.4. The Morgan fingerprint density at radius 2 is 1.86 bits per heavy atom. The van der Waals surface area contributed by atoms with Crippen LogP contribution in [-0.2, 0) is 11.4 Å². The number of carbonyl (C=O) groups is 1. The maximum Gasteiger partial charge on any atom is 0.266 e. The molecular formula is C23H18ClNO2S2. The summed E-state index contributed by atoms with van der Waals surface area (Å²) in [6, 6.07) is 19.6. The van der Waals surface area contributed by atoms with Gasteiger partial charge in [-0.15, -0.1) is 0 Å². The Morgan fingerprint density at radius 3 is 2.62 bits per heavy atom. The monoisotopic (exact) mass is 439 g/mol. The van der Waals surface area contributed by atoms with E-state index in [0.29, 0.717) is 33.1 Å². The molecule has 1 heterocycles. The highest BCUT2D eigenvalue weighted by molar-refractivity contribution is 8.26. The van der Waals surface area contributed by atoms with Gasteiger partial charge in [-0.1, -0.05) is 84.1 Å². The van der Waals surface area contributed by atoms with E-state index in [0.717, 1.165) is 21.9 Å². The molecule has 0 N–H and O–H groups in total. The second kappa shape index (κ2) is 8.57. The Hall–Kier alpha value is -2.34. The van der Waals surface area contributed by atoms with Gasteiger partial charge in [0.25, 0.3) is 5.91 Å². The number of hydrogen-bond acceptors (Lipinski definition) is 4. The zero-order valence-electron chi connectivity index (χ0n) is 15.7. The lowest BCUT2D eigenvalue weighted by atomic mass is 10.0. The Morgan fingerprint density at radius 1 is 1.10 bits per heavy atom. The number of hydrogen-bond donors (Lipinski definition) is 0. The number of fused-ring (bicyclic) bond motifs is 1. The van der Waals surface area contributed by atoms with Crippen molar-refractivity contribution in [3.05, 3.63) is 81.7 Å². The van der Waals surface area contributed by atoms with Gasteiger partial charge in [-0.05, 0) is 35.9 Å². The van der Waals surface area contributed by atoms with Crippen molar-refractivity contribution in [3.63, 3.8) is 0 Å². The molecule has 3 aromatic rings. The van der Waals surface area contributed by atoms with Crippen LogP contribution in [0.5, 0.6) is 5.75 Å². The van der Waals surface area contributed by atoms with Crippen molar-refractivity contribution >= 4 is 62.7 Å². The molecule has 3 nitrogen and oxygen atoms in total. The molecule has 0 aromatic heterocycles. The number of halogens is 1. The van der Waals surface area contributed by atoms with E-state index in [1.165, 1.54) is 11.8 Å². The van der Waals surface area contributed by atoms with E-state index in [9.17, 15) is 4.79 Å². The van der Waals surface area contributed by atoms with Crippen LogP contribution in [0, 0.1) is 0 Å². The van der Waals surface area contributed by atoms with Crippen LogP contribution < -0.4 is 4.74 Å². The van der Waals surface area contributed by atoms with E-state index in [1.807, 2.05) is 73.7 Å². The summed E-state index contributed by atoms with van der Waals surface area (Å²) >= 11 is 12.9. The Bertz CT molecular complexity index is 1140. The second-order valence-electron chi connectivity index (χ2n) is 6.50. The van der Waals surface area contributed by atoms with Crippen molar-refractivity contribution in [2.24, 2.45) is 0 Å². The largest absolute Gasteiger partial charge is 0.488 e. The Balaban J connectivity index is 1.76. The van der Waals surface area contributed by atoms with Crippen molar-refractivity contribution in [2.75, 3.05) is 6.54 Å². The molecule has 0 bridgehead atoms. The van der Waals surface area contributed by atoms with Gasteiger partial charge < -0.3 is 4.74 Å². The molecule has 3 aromatic carbocycles. The highest BCUT2D eigenvalue weighted by Crippen LogP contribution is 2.37. The van der Waals surface area contributed by atoms with Gasteiger partial charge in [-0.3, -0.25) is 9.69 Å². The van der Waals surface area contributed by atoms with Crippen molar-refractivity contribution in [3.8, 4) is 5.75 Å². The molecule has 0 saturated carbocycles. The Kier molecular flexibility index (Phi) is 5.90. The van der Waals surface area contributed by atoms with Crippen LogP contribution in [0.25, 0.3) is 16.8 Å². The number of benzene rings is 3. The first-order valence-electron chi connectivity index (χ1n) is 9.22. The third-order valence-corrected chi connectivity index (χ3v) is 6.48. The van der Waals surface area contributed by atoms with Crippen molar-refractivity contribution < 1.29 is 9.53 Å². The van der Waals surface area contributed by atoms with E-state index < -0.39 is 0 Å². The third-order valence-electron chi connectivity index (χ3n) is 4.74. The molecule has 0 atom stereocenters. The number of thioether (sulfide) groups is 1. The van der Waals surface area contributed by atoms with Crippen LogP contribution in [0.4, 0.5) is 0 Å². The maximum atomic E-state index is 12.7. The van der Waals surface area contributed by atoms with Gasteiger partial charge in [0.15, 0.2) is 0 Å². The minimum Gasteiger partial charge on any atom is -0.488 e. The van der Waals surface area contributed by atoms with Crippen molar-refractivity contribution in [1.29, 1.82) is 0 Å². The van der Waals surface area contributed by atoms with Gasteiger partial charge in [-0.25, -0.2) is 0 Å². The molecule has 1 aliphatic heterocycles. The van der Waals surface area contributed by atoms with Crippen molar-refractivity contribution in [1.82, 2.24) is 4.90 Å². The van der Waals surface area contributed by atoms with Crippen molar-refractivity contribution in [2.45, 2.75) is 13.5 Å². The summed E-state index contributed by atoms with van der Waals surface area (Å²) in [6.07, 6.45) is 1.89. The van der Waals surface area contributed by atoms with Crippen LogP contribution in [-0.4, -0.2) is 21.7 Å². The summed E-state index contributed by atoms with van der Waals surface area (Å²) in [4.78, 5) is 14.9. The molecular weight excluding hydrogens is 422 g/mol. The number of carbonyl (C=O) groups excluding carboxylic acids is 1. The lowest BCUT2D eigenvalue weighted by molar-refractivity contribution is -0.121. The normalized spacial score (nSPS) is 15.5. The molecule has 1 fully saturated rings. The molecule has 0 spiro atoms. The highest BCUT2D eigenvalue weighted by Gasteiger charge is 2.31. The summed E-state index contributed by atoms with van der Waals surface area (Å²) < 4.78 is 6.73. The average Bonchev–Trinajstić information content (AvgIpc) is 3.00. The van der Waals surface area contributed by atoms with Gasteiger partial charge in [-0.2, -0.15) is 0 Å². The third kappa shape index (κ3) is 4.04. The van der Waals surface area contributed by atoms with E-state index in [4.69, 9.17) is 28.6 Å². The van der Waals surface area contributed by atoms with Crippen LogP contribution in [0.2, 0.25) is 5.02 Å².